The molecule has 0 heterocycles. The Bertz CT molecular complexity index is 149. The van der Waals surface area contributed by atoms with E-state index in [0.29, 0.717) is 5.54 Å². The van der Waals surface area contributed by atoms with Gasteiger partial charge >= 0.3 is 0 Å². The third-order valence-electron chi connectivity index (χ3n) is 2.95. The van der Waals surface area contributed by atoms with E-state index in [2.05, 4.69) is 33.0 Å². The molecule has 0 atom stereocenters. The van der Waals surface area contributed by atoms with Gasteiger partial charge in [0.15, 0.2) is 0 Å². The fourth-order valence-corrected chi connectivity index (χ4v) is 1.96. The van der Waals surface area contributed by atoms with E-state index in [9.17, 15) is 0 Å². The summed E-state index contributed by atoms with van der Waals surface area (Å²) in [5, 5.41) is 3.68. The molecule has 0 unspecified atom stereocenters. The van der Waals surface area contributed by atoms with Crippen LogP contribution in [0, 0.1) is 12.3 Å². The highest BCUT2D eigenvalue weighted by atomic mass is 15.0. The van der Waals surface area contributed by atoms with Crippen LogP contribution in [0.1, 0.15) is 52.9 Å². The Morgan fingerprint density at radius 2 is 1.77 bits per heavy atom. The van der Waals surface area contributed by atoms with Crippen molar-refractivity contribution in [2.75, 3.05) is 6.54 Å². The molecule has 13 heavy (non-hydrogen) atoms. The van der Waals surface area contributed by atoms with Crippen LogP contribution in [0.4, 0.5) is 0 Å². The van der Waals surface area contributed by atoms with Crippen molar-refractivity contribution >= 4 is 0 Å². The molecule has 1 nitrogen and oxygen atoms in total. The first kappa shape index (κ1) is 11.0. The van der Waals surface area contributed by atoms with Crippen LogP contribution in [0.5, 0.6) is 0 Å². The van der Waals surface area contributed by atoms with Crippen molar-refractivity contribution in [2.24, 2.45) is 5.41 Å². The van der Waals surface area contributed by atoms with Gasteiger partial charge in [-0.05, 0) is 32.1 Å². The third-order valence-corrected chi connectivity index (χ3v) is 2.95. The molecule has 0 aromatic rings. The molecule has 1 N–H and O–H groups in total. The molecule has 0 amide bonds. The van der Waals surface area contributed by atoms with E-state index in [1.165, 1.54) is 32.1 Å². The number of nitrogens with one attached hydrogen (secondary N) is 1. The summed E-state index contributed by atoms with van der Waals surface area (Å²) in [6.45, 7) is 11.9. The van der Waals surface area contributed by atoms with Crippen molar-refractivity contribution in [1.29, 1.82) is 0 Å². The van der Waals surface area contributed by atoms with Crippen molar-refractivity contribution < 1.29 is 0 Å². The highest BCUT2D eigenvalue weighted by Crippen LogP contribution is 2.28. The lowest BCUT2D eigenvalue weighted by molar-refractivity contribution is 0.230. The van der Waals surface area contributed by atoms with E-state index in [0.717, 1.165) is 6.54 Å². The van der Waals surface area contributed by atoms with Crippen LogP contribution in [0.25, 0.3) is 0 Å². The summed E-state index contributed by atoms with van der Waals surface area (Å²) < 4.78 is 0. The van der Waals surface area contributed by atoms with Crippen LogP contribution in [0.3, 0.4) is 0 Å². The summed E-state index contributed by atoms with van der Waals surface area (Å²) in [6, 6.07) is 0. The Kier molecular flexibility index (Phi) is 3.39. The van der Waals surface area contributed by atoms with E-state index in [4.69, 9.17) is 0 Å². The van der Waals surface area contributed by atoms with Crippen molar-refractivity contribution in [1.82, 2.24) is 5.32 Å². The van der Waals surface area contributed by atoms with Crippen molar-refractivity contribution in [2.45, 2.75) is 58.4 Å². The quantitative estimate of drug-likeness (QED) is 0.707. The van der Waals surface area contributed by atoms with Gasteiger partial charge < -0.3 is 5.32 Å². The zero-order valence-electron chi connectivity index (χ0n) is 9.45. The Morgan fingerprint density at radius 3 is 2.23 bits per heavy atom. The molecule has 77 valence electrons. The second-order valence-electron chi connectivity index (χ2n) is 5.64. The van der Waals surface area contributed by atoms with Gasteiger partial charge in [-0.3, -0.25) is 0 Å². The standard InChI is InChI=1S/C12H24N/c1-11(2,3)10-13-12(4)8-6-5-7-9-12/h13H,1,5-10H2,2-4H3. The Labute approximate surface area is 83.3 Å². The molecule has 0 aromatic heterocycles. The molecule has 1 aliphatic carbocycles. The molecule has 1 radical (unpaired) electrons. The third kappa shape index (κ3) is 4.12. The molecule has 0 aliphatic heterocycles. The lowest BCUT2D eigenvalue weighted by Crippen LogP contribution is -2.47. The highest BCUT2D eigenvalue weighted by Gasteiger charge is 2.27. The molecular weight excluding hydrogens is 158 g/mol. The Morgan fingerprint density at radius 1 is 1.23 bits per heavy atom. The normalized spacial score (nSPS) is 23.1. The van der Waals surface area contributed by atoms with Crippen LogP contribution in [-0.4, -0.2) is 12.1 Å². The minimum Gasteiger partial charge on any atom is -0.311 e. The number of hydrogen-bond acceptors (Lipinski definition) is 1. The monoisotopic (exact) mass is 182 g/mol. The summed E-state index contributed by atoms with van der Waals surface area (Å²) in [5.41, 5.74) is 0.563. The van der Waals surface area contributed by atoms with Crippen molar-refractivity contribution in [3.63, 3.8) is 0 Å². The smallest absolute Gasteiger partial charge is 0.0153 e. The molecule has 1 aliphatic rings. The molecule has 1 heteroatoms. The van der Waals surface area contributed by atoms with E-state index < -0.39 is 0 Å². The van der Waals surface area contributed by atoms with Gasteiger partial charge in [-0.25, -0.2) is 0 Å². The molecule has 1 rings (SSSR count). The molecular formula is C12H24N. The lowest BCUT2D eigenvalue weighted by Gasteiger charge is -2.37. The summed E-state index contributed by atoms with van der Waals surface area (Å²) >= 11 is 0. The van der Waals surface area contributed by atoms with Crippen LogP contribution in [0.2, 0.25) is 0 Å². The molecule has 0 aromatic carbocycles. The van der Waals surface area contributed by atoms with Gasteiger partial charge in [0.25, 0.3) is 0 Å². The van der Waals surface area contributed by atoms with Crippen LogP contribution >= 0.6 is 0 Å². The summed E-state index contributed by atoms with van der Waals surface area (Å²) in [4.78, 5) is 0. The molecule has 1 fully saturated rings. The van der Waals surface area contributed by atoms with Crippen molar-refractivity contribution in [3.8, 4) is 0 Å². The molecule has 1 saturated carbocycles. The van der Waals surface area contributed by atoms with Crippen molar-refractivity contribution in [3.05, 3.63) is 6.92 Å². The molecule has 0 bridgehead atoms. The second-order valence-corrected chi connectivity index (χ2v) is 5.64. The minimum absolute atomic E-state index is 0.167. The van der Waals surface area contributed by atoms with Gasteiger partial charge in [0.2, 0.25) is 0 Å². The van der Waals surface area contributed by atoms with Gasteiger partial charge in [0.1, 0.15) is 0 Å². The Hall–Kier alpha value is -0.0400. The zero-order valence-corrected chi connectivity index (χ0v) is 9.45. The van der Waals surface area contributed by atoms with Crippen LogP contribution < -0.4 is 5.32 Å². The maximum absolute atomic E-state index is 4.12. The van der Waals surface area contributed by atoms with Gasteiger partial charge in [0, 0.05) is 12.1 Å². The average Bonchev–Trinajstić information content (AvgIpc) is 2.02. The first-order valence-electron chi connectivity index (χ1n) is 5.52. The van der Waals surface area contributed by atoms with E-state index >= 15 is 0 Å². The highest BCUT2D eigenvalue weighted by molar-refractivity contribution is 4.88. The van der Waals surface area contributed by atoms with Gasteiger partial charge in [-0.1, -0.05) is 33.1 Å². The first-order valence-corrected chi connectivity index (χ1v) is 5.52. The fraction of sp³-hybridized carbons (Fsp3) is 0.917. The number of rotatable bonds is 3. The zero-order chi connectivity index (χ0) is 9.95. The fourth-order valence-electron chi connectivity index (χ4n) is 1.96. The molecule has 0 spiro atoms. The summed E-state index contributed by atoms with van der Waals surface area (Å²) in [7, 11) is 0. The predicted octanol–water partition coefficient (Wildman–Crippen LogP) is 3.16. The summed E-state index contributed by atoms with van der Waals surface area (Å²) in [5.74, 6) is 0. The maximum atomic E-state index is 4.12. The van der Waals surface area contributed by atoms with E-state index in [-0.39, 0.29) is 5.41 Å². The lowest BCUT2D eigenvalue weighted by atomic mass is 9.82. The predicted molar refractivity (Wildman–Crippen MR) is 58.6 cm³/mol. The summed E-state index contributed by atoms with van der Waals surface area (Å²) in [6.07, 6.45) is 6.87. The first-order chi connectivity index (χ1) is 5.91. The largest absolute Gasteiger partial charge is 0.311 e. The van der Waals surface area contributed by atoms with Gasteiger partial charge in [0.05, 0.1) is 0 Å². The maximum Gasteiger partial charge on any atom is 0.0153 e. The van der Waals surface area contributed by atoms with E-state index in [1.807, 2.05) is 0 Å². The minimum atomic E-state index is 0.167. The van der Waals surface area contributed by atoms with E-state index in [1.54, 1.807) is 0 Å². The van der Waals surface area contributed by atoms with Gasteiger partial charge in [-0.15, -0.1) is 0 Å². The van der Waals surface area contributed by atoms with Crippen LogP contribution in [-0.2, 0) is 0 Å². The Balaban J connectivity index is 2.33. The SMILES string of the molecule is [CH2]C(C)(C)CNC1(C)CCCCC1. The number of hydrogen-bond donors (Lipinski definition) is 1. The molecule has 0 saturated heterocycles. The van der Waals surface area contributed by atoms with Crippen LogP contribution in [0.15, 0.2) is 0 Å². The second kappa shape index (κ2) is 4.00. The topological polar surface area (TPSA) is 12.0 Å². The van der Waals surface area contributed by atoms with Gasteiger partial charge in [-0.2, -0.15) is 0 Å². The average molecular weight is 182 g/mol.